The highest BCUT2D eigenvalue weighted by Gasteiger charge is 2.20. The van der Waals surface area contributed by atoms with Crippen molar-refractivity contribution >= 4 is 27.8 Å². The van der Waals surface area contributed by atoms with Gasteiger partial charge in [0.25, 0.3) is 0 Å². The summed E-state index contributed by atoms with van der Waals surface area (Å²) in [5.74, 6) is 0. The van der Waals surface area contributed by atoms with E-state index >= 15 is 0 Å². The molecule has 0 radical (unpaired) electrons. The van der Waals surface area contributed by atoms with Crippen LogP contribution in [-0.4, -0.2) is 0 Å². The van der Waals surface area contributed by atoms with Crippen molar-refractivity contribution in [1.82, 2.24) is 0 Å². The second kappa shape index (κ2) is 14.3. The molecule has 0 aliphatic heterocycles. The third-order valence-electron chi connectivity index (χ3n) is 9.47. The van der Waals surface area contributed by atoms with Crippen molar-refractivity contribution in [3.63, 3.8) is 0 Å². The van der Waals surface area contributed by atoms with Crippen molar-refractivity contribution in [3.8, 4) is 55.6 Å². The van der Waals surface area contributed by atoms with Crippen LogP contribution in [-0.2, 0) is 0 Å². The quantitative estimate of drug-likeness (QED) is 0.154. The van der Waals surface area contributed by atoms with E-state index in [0.717, 1.165) is 44.2 Å². The summed E-state index contributed by atoms with van der Waals surface area (Å²) >= 11 is 0. The highest BCUT2D eigenvalue weighted by molar-refractivity contribution is 5.99. The summed E-state index contributed by atoms with van der Waals surface area (Å²) in [7, 11) is 0. The maximum Gasteiger partial charge on any atom is 0.0645 e. The van der Waals surface area contributed by atoms with E-state index in [1.54, 1.807) is 29.2 Å². The normalized spacial score (nSPS) is 13.4. The molecule has 1 nitrogen and oxygen atoms in total. The smallest absolute Gasteiger partial charge is 0.0645 e. The van der Waals surface area contributed by atoms with Crippen LogP contribution in [0.2, 0.25) is 0 Å². The van der Waals surface area contributed by atoms with Crippen molar-refractivity contribution < 1.29 is 12.3 Å². The summed E-state index contributed by atoms with van der Waals surface area (Å²) < 4.78 is 80.4. The number of anilines is 3. The van der Waals surface area contributed by atoms with Crippen molar-refractivity contribution in [1.29, 1.82) is 0 Å². The first-order valence-corrected chi connectivity index (χ1v) is 17.5. The second-order valence-electron chi connectivity index (χ2n) is 12.6. The zero-order chi connectivity index (χ0) is 43.2. The number of rotatable bonds is 8. The molecule has 53 heavy (non-hydrogen) atoms. The highest BCUT2D eigenvalue weighted by atomic mass is 15.1. The van der Waals surface area contributed by atoms with Crippen molar-refractivity contribution in [3.05, 3.63) is 224 Å². The summed E-state index contributed by atoms with van der Waals surface area (Å²) in [5, 5.41) is 1.72. The molecule has 0 heterocycles. The second-order valence-corrected chi connectivity index (χ2v) is 12.6. The summed E-state index contributed by atoms with van der Waals surface area (Å²) in [4.78, 5) is 1.73. The fraction of sp³-hybridized carbons (Fsp3) is 0. The molecule has 0 fully saturated rings. The van der Waals surface area contributed by atoms with Gasteiger partial charge in [-0.3, -0.25) is 0 Å². The molecule has 9 aromatic carbocycles. The first-order chi connectivity index (χ1) is 30.1. The molecule has 0 aliphatic rings. The Morgan fingerprint density at radius 1 is 0.302 bits per heavy atom. The lowest BCUT2D eigenvalue weighted by Gasteiger charge is -2.29. The molecule has 0 spiro atoms. The van der Waals surface area contributed by atoms with Gasteiger partial charge in [-0.25, -0.2) is 0 Å². The van der Waals surface area contributed by atoms with E-state index < -0.39 is 18.1 Å². The topological polar surface area (TPSA) is 3.24 Å². The zero-order valence-electron chi connectivity index (χ0n) is 37.6. The van der Waals surface area contributed by atoms with Gasteiger partial charge < -0.3 is 4.90 Å². The van der Waals surface area contributed by atoms with Crippen LogP contribution in [0, 0.1) is 0 Å². The average Bonchev–Trinajstić information content (AvgIpc) is 3.32. The Hall–Kier alpha value is -6.96. The lowest BCUT2D eigenvalue weighted by molar-refractivity contribution is 1.28. The van der Waals surface area contributed by atoms with Gasteiger partial charge in [0.1, 0.15) is 0 Å². The lowest BCUT2D eigenvalue weighted by atomic mass is 9.88. The van der Waals surface area contributed by atoms with Crippen molar-refractivity contribution in [2.45, 2.75) is 0 Å². The highest BCUT2D eigenvalue weighted by Crippen LogP contribution is 2.45. The Labute approximate surface area is 324 Å². The minimum Gasteiger partial charge on any atom is -0.310 e. The lowest BCUT2D eigenvalue weighted by Crippen LogP contribution is -2.11. The van der Waals surface area contributed by atoms with Gasteiger partial charge in [0.2, 0.25) is 0 Å². The molecule has 0 aromatic heterocycles. The van der Waals surface area contributed by atoms with Crippen LogP contribution in [0.5, 0.6) is 0 Å². The van der Waals surface area contributed by atoms with Crippen LogP contribution < -0.4 is 4.90 Å². The van der Waals surface area contributed by atoms with E-state index in [4.69, 9.17) is 6.85 Å². The molecule has 0 unspecified atom stereocenters. The number of nitrogens with zero attached hydrogens (tertiary/aromatic N) is 1. The fourth-order valence-corrected chi connectivity index (χ4v) is 6.99. The van der Waals surface area contributed by atoms with Gasteiger partial charge in [0.05, 0.1) is 18.0 Å². The van der Waals surface area contributed by atoms with Crippen LogP contribution in [0.25, 0.3) is 66.4 Å². The van der Waals surface area contributed by atoms with Gasteiger partial charge >= 0.3 is 0 Å². The standard InChI is InChI=1S/C52H37N/c1-3-16-38(17-4-1)39-30-34-43(35-31-39)53(44-36-32-42(33-37-44)46-28-15-21-41-20-7-8-22-45(41)46)52-29-14-13-27-51(52)50-26-12-11-25-49(50)48-24-10-9-23-47(48)40-18-5-2-6-19-40/h1-37H/i1D,3D,4D,16D,17D,32D,33D,36D,37D. The van der Waals surface area contributed by atoms with Crippen LogP contribution in [0.3, 0.4) is 0 Å². The number of para-hydroxylation sites is 1. The molecule has 250 valence electrons. The SMILES string of the molecule is [2H]c1c([2H])c([2H])c(-c2ccc(N(c3ccccc3-c3ccccc3-c3ccccc3-c3ccccc3)c3c([2H])c([2H])c(-c4cccc5ccccc45)c([2H])c3[2H])cc2)c([2H])c1[2H]. The maximum atomic E-state index is 9.69. The van der Waals surface area contributed by atoms with Gasteiger partial charge in [0.15, 0.2) is 0 Å². The van der Waals surface area contributed by atoms with E-state index in [0.29, 0.717) is 22.5 Å². The molecule has 0 saturated carbocycles. The Morgan fingerprint density at radius 3 is 1.58 bits per heavy atom. The number of fused-ring (bicyclic) bond motifs is 1. The molecule has 0 atom stereocenters. The largest absolute Gasteiger partial charge is 0.310 e. The molecule has 1 heteroatoms. The van der Waals surface area contributed by atoms with E-state index in [9.17, 15) is 5.48 Å². The molecule has 0 saturated heterocycles. The maximum absolute atomic E-state index is 9.69. The molecule has 9 rings (SSSR count). The average molecular weight is 685 g/mol. The minimum atomic E-state index is -0.481. The van der Waals surface area contributed by atoms with Gasteiger partial charge in [-0.05, 0) is 91.1 Å². The number of hydrogen-bond acceptors (Lipinski definition) is 1. The summed E-state index contributed by atoms with van der Waals surface area (Å²) in [6.45, 7) is 0. The molecular formula is C52H37N. The monoisotopic (exact) mass is 684 g/mol. The van der Waals surface area contributed by atoms with E-state index in [2.05, 4.69) is 30.3 Å². The Morgan fingerprint density at radius 2 is 0.849 bits per heavy atom. The predicted molar refractivity (Wildman–Crippen MR) is 226 cm³/mol. The number of hydrogen-bond donors (Lipinski definition) is 0. The first-order valence-electron chi connectivity index (χ1n) is 22.0. The third-order valence-corrected chi connectivity index (χ3v) is 9.47. The van der Waals surface area contributed by atoms with Gasteiger partial charge in [-0.2, -0.15) is 0 Å². The van der Waals surface area contributed by atoms with Crippen LogP contribution in [0.4, 0.5) is 17.1 Å². The first kappa shape index (κ1) is 23.5. The van der Waals surface area contributed by atoms with Gasteiger partial charge in [-0.1, -0.05) is 194 Å². The summed E-state index contributed by atoms with van der Waals surface area (Å²) in [5.41, 5.74) is 7.95. The molecule has 0 amide bonds. The number of benzene rings is 9. The zero-order valence-corrected chi connectivity index (χ0v) is 28.6. The molecule has 0 N–H and O–H groups in total. The van der Waals surface area contributed by atoms with E-state index in [1.807, 2.05) is 115 Å². The molecule has 9 aromatic rings. The van der Waals surface area contributed by atoms with Gasteiger partial charge in [0, 0.05) is 16.9 Å². The van der Waals surface area contributed by atoms with Gasteiger partial charge in [-0.15, -0.1) is 0 Å². The Balaban J connectivity index is 1.29. The predicted octanol–water partition coefficient (Wildman–Crippen LogP) is 14.6. The third kappa shape index (κ3) is 6.30. The molecule has 0 aliphatic carbocycles. The van der Waals surface area contributed by atoms with Crippen LogP contribution in [0.15, 0.2) is 224 Å². The fourth-order valence-electron chi connectivity index (χ4n) is 6.99. The minimum absolute atomic E-state index is 0.0224. The van der Waals surface area contributed by atoms with Crippen molar-refractivity contribution in [2.24, 2.45) is 0 Å². The Bertz CT molecular complexity index is 3120. The molecular weight excluding hydrogens is 639 g/mol. The van der Waals surface area contributed by atoms with Crippen molar-refractivity contribution in [2.75, 3.05) is 4.90 Å². The van der Waals surface area contributed by atoms with E-state index in [1.165, 1.54) is 0 Å². The van der Waals surface area contributed by atoms with E-state index in [-0.39, 0.29) is 53.1 Å². The summed E-state index contributed by atoms with van der Waals surface area (Å²) in [6, 6.07) is 51.2. The Kier molecular flexibility index (Phi) is 6.36. The molecule has 0 bridgehead atoms. The summed E-state index contributed by atoms with van der Waals surface area (Å²) in [6.07, 6.45) is 0. The van der Waals surface area contributed by atoms with Crippen LogP contribution >= 0.6 is 0 Å². The van der Waals surface area contributed by atoms with Crippen LogP contribution in [0.1, 0.15) is 12.3 Å².